The van der Waals surface area contributed by atoms with Crippen molar-refractivity contribution in [3.63, 3.8) is 0 Å². The second-order valence-corrected chi connectivity index (χ2v) is 6.68. The van der Waals surface area contributed by atoms with E-state index < -0.39 is 0 Å². The van der Waals surface area contributed by atoms with Crippen LogP contribution in [0, 0.1) is 0 Å². The molecular formula is C19H29N3O. The minimum Gasteiger partial charge on any atom is -0.372 e. The lowest BCUT2D eigenvalue weighted by molar-refractivity contribution is -0.132. The normalized spacial score (nSPS) is 19.3. The Kier molecular flexibility index (Phi) is 5.55. The number of anilines is 1. The number of amides is 1. The number of carbonyl (C=O) groups excluding carboxylic acids is 1. The van der Waals surface area contributed by atoms with Crippen molar-refractivity contribution in [2.45, 2.75) is 32.6 Å². The Bertz CT molecular complexity index is 500. The van der Waals surface area contributed by atoms with Crippen LogP contribution in [0.2, 0.25) is 0 Å². The summed E-state index contributed by atoms with van der Waals surface area (Å²) in [5.41, 5.74) is 2.60. The highest BCUT2D eigenvalue weighted by molar-refractivity contribution is 5.76. The van der Waals surface area contributed by atoms with E-state index in [0.29, 0.717) is 12.3 Å². The molecule has 1 aromatic carbocycles. The maximum absolute atomic E-state index is 12.3. The van der Waals surface area contributed by atoms with Crippen molar-refractivity contribution in [1.82, 2.24) is 9.80 Å². The quantitative estimate of drug-likeness (QED) is 0.835. The van der Waals surface area contributed by atoms with Crippen LogP contribution >= 0.6 is 0 Å². The third-order valence-corrected chi connectivity index (χ3v) is 5.21. The molecule has 0 unspecified atom stereocenters. The molecule has 4 heteroatoms. The number of hydrogen-bond donors (Lipinski definition) is 0. The van der Waals surface area contributed by atoms with Crippen molar-refractivity contribution < 1.29 is 4.79 Å². The van der Waals surface area contributed by atoms with E-state index in [-0.39, 0.29) is 0 Å². The van der Waals surface area contributed by atoms with Gasteiger partial charge in [-0.3, -0.25) is 4.79 Å². The number of benzene rings is 1. The van der Waals surface area contributed by atoms with Crippen LogP contribution in [-0.4, -0.2) is 61.5 Å². The van der Waals surface area contributed by atoms with Gasteiger partial charge in [0.05, 0.1) is 0 Å². The van der Waals surface area contributed by atoms with Crippen molar-refractivity contribution in [2.24, 2.45) is 0 Å². The fraction of sp³-hybridized carbons (Fsp3) is 0.632. The van der Waals surface area contributed by atoms with Gasteiger partial charge in [0.2, 0.25) is 5.91 Å². The highest BCUT2D eigenvalue weighted by atomic mass is 16.2. The van der Waals surface area contributed by atoms with Gasteiger partial charge >= 0.3 is 0 Å². The van der Waals surface area contributed by atoms with Crippen LogP contribution in [0.3, 0.4) is 0 Å². The molecule has 1 amide bonds. The second kappa shape index (κ2) is 7.82. The van der Waals surface area contributed by atoms with Gasteiger partial charge in [-0.25, -0.2) is 0 Å². The fourth-order valence-corrected chi connectivity index (χ4v) is 3.57. The molecule has 2 aliphatic rings. The minimum atomic E-state index is 0.310. The maximum Gasteiger partial charge on any atom is 0.222 e. The Morgan fingerprint density at radius 2 is 1.61 bits per heavy atom. The summed E-state index contributed by atoms with van der Waals surface area (Å²) in [5, 5.41) is 0. The molecule has 126 valence electrons. The van der Waals surface area contributed by atoms with Gasteiger partial charge in [0, 0.05) is 51.4 Å². The number of likely N-dealkylation sites (N-methyl/N-ethyl adjacent to an activating group) is 1. The number of hydrogen-bond acceptors (Lipinski definition) is 3. The molecule has 3 rings (SSSR count). The van der Waals surface area contributed by atoms with Crippen LogP contribution in [0.25, 0.3) is 0 Å². The molecule has 0 saturated carbocycles. The van der Waals surface area contributed by atoms with Crippen molar-refractivity contribution in [1.29, 1.82) is 0 Å². The predicted molar refractivity (Wildman–Crippen MR) is 94.9 cm³/mol. The molecule has 0 bridgehead atoms. The average Bonchev–Trinajstić information content (AvgIpc) is 3.15. The van der Waals surface area contributed by atoms with Gasteiger partial charge in [-0.15, -0.1) is 0 Å². The first-order valence-corrected chi connectivity index (χ1v) is 9.10. The van der Waals surface area contributed by atoms with Crippen LogP contribution in [0.1, 0.15) is 31.7 Å². The van der Waals surface area contributed by atoms with E-state index >= 15 is 0 Å². The van der Waals surface area contributed by atoms with Gasteiger partial charge in [0.1, 0.15) is 0 Å². The summed E-state index contributed by atoms with van der Waals surface area (Å²) in [6.07, 6.45) is 4.10. The van der Waals surface area contributed by atoms with Crippen LogP contribution in [0.15, 0.2) is 24.3 Å². The zero-order valence-electron chi connectivity index (χ0n) is 14.3. The van der Waals surface area contributed by atoms with Crippen molar-refractivity contribution in [3.8, 4) is 0 Å². The molecular weight excluding hydrogens is 286 g/mol. The summed E-state index contributed by atoms with van der Waals surface area (Å²) in [6.45, 7) is 9.46. The highest BCUT2D eigenvalue weighted by Gasteiger charge is 2.19. The zero-order chi connectivity index (χ0) is 16.1. The van der Waals surface area contributed by atoms with Crippen molar-refractivity contribution in [3.05, 3.63) is 29.8 Å². The zero-order valence-corrected chi connectivity index (χ0v) is 14.3. The Labute approximate surface area is 140 Å². The minimum absolute atomic E-state index is 0.310. The van der Waals surface area contributed by atoms with E-state index in [1.165, 1.54) is 37.2 Å². The Morgan fingerprint density at radius 3 is 2.22 bits per heavy atom. The molecule has 2 aliphatic heterocycles. The van der Waals surface area contributed by atoms with E-state index in [0.717, 1.165) is 39.1 Å². The first-order chi connectivity index (χ1) is 11.3. The smallest absolute Gasteiger partial charge is 0.222 e. The van der Waals surface area contributed by atoms with Gasteiger partial charge in [-0.1, -0.05) is 19.1 Å². The molecule has 2 heterocycles. The lowest BCUT2D eigenvalue weighted by Crippen LogP contribution is -2.48. The molecule has 0 spiro atoms. The number of piperazine rings is 1. The van der Waals surface area contributed by atoms with E-state index in [1.807, 2.05) is 4.90 Å². The second-order valence-electron chi connectivity index (χ2n) is 6.68. The summed E-state index contributed by atoms with van der Waals surface area (Å²) in [6, 6.07) is 8.81. The van der Waals surface area contributed by atoms with Gasteiger partial charge in [0.25, 0.3) is 0 Å². The highest BCUT2D eigenvalue weighted by Crippen LogP contribution is 2.21. The molecule has 23 heavy (non-hydrogen) atoms. The van der Waals surface area contributed by atoms with Gasteiger partial charge < -0.3 is 14.7 Å². The Hall–Kier alpha value is -1.55. The molecule has 1 aromatic rings. The topological polar surface area (TPSA) is 26.8 Å². The average molecular weight is 315 g/mol. The van der Waals surface area contributed by atoms with E-state index in [4.69, 9.17) is 0 Å². The SMILES string of the molecule is CCN1CCN(C(=O)CCc2ccc(N3CCCC3)cc2)CC1. The van der Waals surface area contributed by atoms with Gasteiger partial charge in [0.15, 0.2) is 0 Å². The van der Waals surface area contributed by atoms with Crippen LogP contribution in [0.5, 0.6) is 0 Å². The first kappa shape index (κ1) is 16.3. The maximum atomic E-state index is 12.3. The molecule has 0 aromatic heterocycles. The Morgan fingerprint density at radius 1 is 0.957 bits per heavy atom. The molecule has 0 aliphatic carbocycles. The third kappa shape index (κ3) is 4.25. The largest absolute Gasteiger partial charge is 0.372 e. The van der Waals surface area contributed by atoms with Crippen LogP contribution in [-0.2, 0) is 11.2 Å². The molecule has 0 N–H and O–H groups in total. The summed E-state index contributed by atoms with van der Waals surface area (Å²) in [5.74, 6) is 0.310. The summed E-state index contributed by atoms with van der Waals surface area (Å²) >= 11 is 0. The lowest BCUT2D eigenvalue weighted by atomic mass is 10.1. The monoisotopic (exact) mass is 315 g/mol. The van der Waals surface area contributed by atoms with E-state index in [9.17, 15) is 4.79 Å². The fourth-order valence-electron chi connectivity index (χ4n) is 3.57. The summed E-state index contributed by atoms with van der Waals surface area (Å²) in [7, 11) is 0. The molecule has 0 atom stereocenters. The first-order valence-electron chi connectivity index (χ1n) is 9.10. The number of rotatable bonds is 5. The molecule has 4 nitrogen and oxygen atoms in total. The standard InChI is InChI=1S/C19H29N3O/c1-2-20-13-15-22(16-14-20)19(23)10-7-17-5-8-18(9-6-17)21-11-3-4-12-21/h5-6,8-9H,2-4,7,10-16H2,1H3. The number of nitrogens with zero attached hydrogens (tertiary/aromatic N) is 3. The Balaban J connectivity index is 1.45. The molecule has 2 saturated heterocycles. The van der Waals surface area contributed by atoms with Gasteiger partial charge in [-0.2, -0.15) is 0 Å². The van der Waals surface area contributed by atoms with E-state index in [1.54, 1.807) is 0 Å². The van der Waals surface area contributed by atoms with Crippen LogP contribution < -0.4 is 4.90 Å². The van der Waals surface area contributed by atoms with Crippen molar-refractivity contribution in [2.75, 3.05) is 50.7 Å². The number of carbonyl (C=O) groups is 1. The van der Waals surface area contributed by atoms with Crippen molar-refractivity contribution >= 4 is 11.6 Å². The van der Waals surface area contributed by atoms with Crippen LogP contribution in [0.4, 0.5) is 5.69 Å². The predicted octanol–water partition coefficient (Wildman–Crippen LogP) is 2.38. The molecule has 0 radical (unpaired) electrons. The summed E-state index contributed by atoms with van der Waals surface area (Å²) < 4.78 is 0. The summed E-state index contributed by atoms with van der Waals surface area (Å²) in [4.78, 5) is 19.2. The van der Waals surface area contributed by atoms with Gasteiger partial charge in [-0.05, 0) is 43.5 Å². The lowest BCUT2D eigenvalue weighted by Gasteiger charge is -2.34. The third-order valence-electron chi connectivity index (χ3n) is 5.21. The molecule has 2 fully saturated rings. The van der Waals surface area contributed by atoms with E-state index in [2.05, 4.69) is 41.0 Å². The number of aryl methyl sites for hydroxylation is 1.